The number of thiophene rings is 1. The predicted molar refractivity (Wildman–Crippen MR) is 144 cm³/mol. The van der Waals surface area contributed by atoms with E-state index in [4.69, 9.17) is 0 Å². The van der Waals surface area contributed by atoms with Gasteiger partial charge in [0.1, 0.15) is 0 Å². The van der Waals surface area contributed by atoms with E-state index in [-0.39, 0.29) is 11.7 Å². The van der Waals surface area contributed by atoms with E-state index in [1.807, 2.05) is 12.1 Å². The maximum Gasteiger partial charge on any atom is 0.234 e. The first-order valence-corrected chi connectivity index (χ1v) is 13.3. The van der Waals surface area contributed by atoms with E-state index in [0.29, 0.717) is 5.92 Å². The SMILES string of the molecule is CCn1c(SCC(=O)Nc2ccc(C(C)C)cc2)nnc1-c1csc(C)c1-c1ccc(C)cc1. The Morgan fingerprint density at radius 1 is 1.06 bits per heavy atom. The number of carbonyl (C=O) groups excluding carboxylic acids is 1. The Morgan fingerprint density at radius 2 is 1.76 bits per heavy atom. The van der Waals surface area contributed by atoms with Crippen LogP contribution < -0.4 is 5.32 Å². The standard InChI is InChI=1S/C27H30N4OS2/c1-6-31-26(23-15-33-19(5)25(23)21-9-7-18(4)8-10-21)29-30-27(31)34-16-24(32)28-22-13-11-20(12-14-22)17(2)3/h7-15,17H,6,16H2,1-5H3,(H,28,32). The van der Waals surface area contributed by atoms with Gasteiger partial charge in [-0.3, -0.25) is 4.79 Å². The van der Waals surface area contributed by atoms with E-state index < -0.39 is 0 Å². The fourth-order valence-electron chi connectivity index (χ4n) is 3.86. The van der Waals surface area contributed by atoms with Crippen molar-refractivity contribution in [3.05, 3.63) is 69.9 Å². The van der Waals surface area contributed by atoms with Crippen molar-refractivity contribution in [1.82, 2.24) is 14.8 Å². The largest absolute Gasteiger partial charge is 0.325 e. The number of amides is 1. The second kappa shape index (κ2) is 10.6. The molecule has 0 radical (unpaired) electrons. The van der Waals surface area contributed by atoms with Gasteiger partial charge in [-0.05, 0) is 49.9 Å². The van der Waals surface area contributed by atoms with Gasteiger partial charge in [-0.2, -0.15) is 0 Å². The topological polar surface area (TPSA) is 59.8 Å². The number of rotatable bonds is 8. The molecule has 7 heteroatoms. The van der Waals surface area contributed by atoms with Crippen molar-refractivity contribution in [2.24, 2.45) is 0 Å². The van der Waals surface area contributed by atoms with Crippen LogP contribution in [0.25, 0.3) is 22.5 Å². The van der Waals surface area contributed by atoms with E-state index >= 15 is 0 Å². The molecular weight excluding hydrogens is 460 g/mol. The summed E-state index contributed by atoms with van der Waals surface area (Å²) in [6.07, 6.45) is 0. The molecule has 2 aromatic heterocycles. The maximum atomic E-state index is 12.6. The Balaban J connectivity index is 1.50. The van der Waals surface area contributed by atoms with Crippen molar-refractivity contribution in [2.45, 2.75) is 52.2 Å². The molecule has 0 aliphatic heterocycles. The summed E-state index contributed by atoms with van der Waals surface area (Å²) >= 11 is 3.14. The third kappa shape index (κ3) is 5.26. The van der Waals surface area contributed by atoms with Gasteiger partial charge in [0, 0.05) is 33.6 Å². The summed E-state index contributed by atoms with van der Waals surface area (Å²) in [5.41, 5.74) is 6.77. The Bertz CT molecular complexity index is 1270. The fourth-order valence-corrected chi connectivity index (χ4v) is 5.52. The molecule has 0 spiro atoms. The van der Waals surface area contributed by atoms with Crippen LogP contribution in [0.2, 0.25) is 0 Å². The Hall–Kier alpha value is -2.90. The summed E-state index contributed by atoms with van der Waals surface area (Å²) < 4.78 is 2.09. The molecular formula is C27H30N4OS2. The lowest BCUT2D eigenvalue weighted by Crippen LogP contribution is -2.14. The minimum atomic E-state index is -0.0544. The molecule has 0 atom stereocenters. The van der Waals surface area contributed by atoms with Gasteiger partial charge in [-0.15, -0.1) is 21.5 Å². The first kappa shape index (κ1) is 24.2. The summed E-state index contributed by atoms with van der Waals surface area (Å²) in [6.45, 7) is 11.4. The molecule has 0 aliphatic rings. The number of carbonyl (C=O) groups is 1. The van der Waals surface area contributed by atoms with E-state index in [1.54, 1.807) is 11.3 Å². The molecule has 0 saturated heterocycles. The first-order valence-electron chi connectivity index (χ1n) is 11.5. The zero-order chi connectivity index (χ0) is 24.2. The predicted octanol–water partition coefficient (Wildman–Crippen LogP) is 7.16. The second-order valence-corrected chi connectivity index (χ2v) is 10.6. The molecule has 0 bridgehead atoms. The highest BCUT2D eigenvalue weighted by atomic mass is 32.2. The number of anilines is 1. The molecule has 1 N–H and O–H groups in total. The number of aryl methyl sites for hydroxylation is 2. The van der Waals surface area contributed by atoms with Gasteiger partial charge in [-0.1, -0.05) is 67.6 Å². The third-order valence-corrected chi connectivity index (χ3v) is 7.66. The van der Waals surface area contributed by atoms with Gasteiger partial charge in [0.15, 0.2) is 11.0 Å². The normalized spacial score (nSPS) is 11.2. The molecule has 176 valence electrons. The molecule has 0 fully saturated rings. The van der Waals surface area contributed by atoms with Crippen molar-refractivity contribution in [3.8, 4) is 22.5 Å². The van der Waals surface area contributed by atoms with Crippen LogP contribution in [0, 0.1) is 13.8 Å². The van der Waals surface area contributed by atoms with Crippen LogP contribution in [0.5, 0.6) is 0 Å². The summed E-state index contributed by atoms with van der Waals surface area (Å²) in [5.74, 6) is 1.53. The van der Waals surface area contributed by atoms with E-state index in [1.165, 1.54) is 38.9 Å². The van der Waals surface area contributed by atoms with Gasteiger partial charge >= 0.3 is 0 Å². The minimum absolute atomic E-state index is 0.0544. The van der Waals surface area contributed by atoms with E-state index in [9.17, 15) is 4.79 Å². The molecule has 4 rings (SSSR count). The fraction of sp³-hybridized carbons (Fsp3) is 0.296. The van der Waals surface area contributed by atoms with Gasteiger partial charge in [-0.25, -0.2) is 0 Å². The molecule has 0 saturated carbocycles. The number of hydrogen-bond donors (Lipinski definition) is 1. The number of thioether (sulfide) groups is 1. The zero-order valence-corrected chi connectivity index (χ0v) is 21.9. The van der Waals surface area contributed by atoms with Crippen molar-refractivity contribution in [1.29, 1.82) is 0 Å². The molecule has 2 aromatic carbocycles. The van der Waals surface area contributed by atoms with Crippen molar-refractivity contribution in [3.63, 3.8) is 0 Å². The van der Waals surface area contributed by atoms with Crippen LogP contribution in [-0.4, -0.2) is 26.4 Å². The Labute approximate surface area is 209 Å². The molecule has 0 aliphatic carbocycles. The average Bonchev–Trinajstić information content (AvgIpc) is 3.41. The maximum absolute atomic E-state index is 12.6. The molecule has 34 heavy (non-hydrogen) atoms. The molecule has 5 nitrogen and oxygen atoms in total. The second-order valence-electron chi connectivity index (χ2n) is 8.61. The van der Waals surface area contributed by atoms with Gasteiger partial charge < -0.3 is 9.88 Å². The summed E-state index contributed by atoms with van der Waals surface area (Å²) in [6, 6.07) is 16.6. The monoisotopic (exact) mass is 490 g/mol. The van der Waals surface area contributed by atoms with Crippen molar-refractivity contribution >= 4 is 34.7 Å². The highest BCUT2D eigenvalue weighted by Gasteiger charge is 2.20. The summed E-state index contributed by atoms with van der Waals surface area (Å²) in [5, 5.41) is 14.8. The van der Waals surface area contributed by atoms with Crippen LogP contribution in [0.3, 0.4) is 0 Å². The lowest BCUT2D eigenvalue weighted by Gasteiger charge is -2.10. The summed E-state index contributed by atoms with van der Waals surface area (Å²) in [7, 11) is 0. The van der Waals surface area contributed by atoms with Crippen LogP contribution in [0.4, 0.5) is 5.69 Å². The quantitative estimate of drug-likeness (QED) is 0.266. The first-order chi connectivity index (χ1) is 16.4. The third-order valence-electron chi connectivity index (χ3n) is 5.78. The number of nitrogens with one attached hydrogen (secondary N) is 1. The number of hydrogen-bond acceptors (Lipinski definition) is 5. The summed E-state index contributed by atoms with van der Waals surface area (Å²) in [4.78, 5) is 13.8. The van der Waals surface area contributed by atoms with Crippen LogP contribution in [-0.2, 0) is 11.3 Å². The van der Waals surface area contributed by atoms with Crippen molar-refractivity contribution in [2.75, 3.05) is 11.1 Å². The Morgan fingerprint density at radius 3 is 2.41 bits per heavy atom. The molecule has 4 aromatic rings. The lowest BCUT2D eigenvalue weighted by molar-refractivity contribution is -0.113. The van der Waals surface area contributed by atoms with Crippen LogP contribution in [0.15, 0.2) is 59.1 Å². The minimum Gasteiger partial charge on any atom is -0.325 e. The van der Waals surface area contributed by atoms with Gasteiger partial charge in [0.05, 0.1) is 5.75 Å². The zero-order valence-electron chi connectivity index (χ0n) is 20.3. The van der Waals surface area contributed by atoms with Gasteiger partial charge in [0.25, 0.3) is 0 Å². The number of aromatic nitrogens is 3. The lowest BCUT2D eigenvalue weighted by atomic mass is 10.0. The van der Waals surface area contributed by atoms with E-state index in [0.717, 1.165) is 28.8 Å². The van der Waals surface area contributed by atoms with Crippen molar-refractivity contribution < 1.29 is 4.79 Å². The highest BCUT2D eigenvalue weighted by Crippen LogP contribution is 2.39. The highest BCUT2D eigenvalue weighted by molar-refractivity contribution is 7.99. The van der Waals surface area contributed by atoms with E-state index in [2.05, 4.69) is 96.5 Å². The Kier molecular flexibility index (Phi) is 7.54. The number of nitrogens with zero attached hydrogens (tertiary/aromatic N) is 3. The van der Waals surface area contributed by atoms with Gasteiger partial charge in [0.2, 0.25) is 5.91 Å². The van der Waals surface area contributed by atoms with Crippen LogP contribution in [0.1, 0.15) is 42.7 Å². The average molecular weight is 491 g/mol. The molecule has 0 unspecified atom stereocenters. The molecule has 1 amide bonds. The smallest absolute Gasteiger partial charge is 0.234 e. The van der Waals surface area contributed by atoms with Crippen LogP contribution >= 0.6 is 23.1 Å². The number of benzene rings is 2. The molecule has 2 heterocycles.